The highest BCUT2D eigenvalue weighted by Crippen LogP contribution is 2.29. The normalized spacial score (nSPS) is 21.8. The molecule has 0 saturated carbocycles. The number of hydrogen-bond donors (Lipinski definition) is 1. The molecule has 102 valence electrons. The molecule has 0 aliphatic carbocycles. The third-order valence-corrected chi connectivity index (χ3v) is 4.58. The van der Waals surface area contributed by atoms with E-state index < -0.39 is 32.8 Å². The molecule has 1 N–H and O–H groups in total. The van der Waals surface area contributed by atoms with Crippen LogP contribution in [0.3, 0.4) is 0 Å². The minimum absolute atomic E-state index is 0.177. The number of hydrogen-bond acceptors (Lipinski definition) is 6. The second-order valence-corrected chi connectivity index (χ2v) is 5.77. The van der Waals surface area contributed by atoms with Gasteiger partial charge in [0.15, 0.2) is 16.9 Å². The van der Waals surface area contributed by atoms with Gasteiger partial charge in [0.2, 0.25) is 0 Å². The molecule has 8 nitrogen and oxygen atoms in total. The summed E-state index contributed by atoms with van der Waals surface area (Å²) in [7, 11) is -1.75. The first-order valence-corrected chi connectivity index (χ1v) is 6.53. The van der Waals surface area contributed by atoms with E-state index in [4.69, 9.17) is 9.84 Å². The Labute approximate surface area is 108 Å². The maximum Gasteiger partial charge on any atom is 0.330 e. The summed E-state index contributed by atoms with van der Waals surface area (Å²) >= 11 is 0. The fraction of sp³-hybridized carbons (Fsp3) is 0.300. The molecule has 0 bridgehead atoms. The fourth-order valence-electron chi connectivity index (χ4n) is 1.78. The number of fused-ring (bicyclic) bond motifs is 1. The van der Waals surface area contributed by atoms with E-state index in [0.29, 0.717) is 4.31 Å². The number of carbonyl (C=O) groups is 2. The van der Waals surface area contributed by atoms with E-state index >= 15 is 0 Å². The molecular formula is C10H10N2O6S. The van der Waals surface area contributed by atoms with Crippen molar-refractivity contribution in [1.82, 2.24) is 9.29 Å². The van der Waals surface area contributed by atoms with E-state index in [1.165, 1.54) is 13.2 Å². The molecule has 0 spiro atoms. The number of likely N-dealkylation sites (N-methyl/N-ethyl adjacent to an activating group) is 1. The van der Waals surface area contributed by atoms with Crippen molar-refractivity contribution in [3.63, 3.8) is 0 Å². The molecule has 2 rings (SSSR count). The van der Waals surface area contributed by atoms with Gasteiger partial charge in [0.05, 0.1) is 18.9 Å². The Balaban J connectivity index is 2.74. The highest BCUT2D eigenvalue weighted by Gasteiger charge is 2.46. The summed E-state index contributed by atoms with van der Waals surface area (Å²) in [5.74, 6) is -2.20. The van der Waals surface area contributed by atoms with Crippen LogP contribution >= 0.6 is 0 Å². The van der Waals surface area contributed by atoms with E-state index in [9.17, 15) is 18.0 Å². The Morgan fingerprint density at radius 2 is 2.16 bits per heavy atom. The molecule has 1 aliphatic heterocycles. The molecule has 0 amide bonds. The number of ketones is 1. The summed E-state index contributed by atoms with van der Waals surface area (Å²) in [6.07, 6.45) is 1.15. The third-order valence-electron chi connectivity index (χ3n) is 2.80. The lowest BCUT2D eigenvalue weighted by molar-refractivity contribution is -0.139. The van der Waals surface area contributed by atoms with Crippen molar-refractivity contribution in [2.45, 2.75) is 11.1 Å². The molecule has 1 unspecified atom stereocenters. The monoisotopic (exact) mass is 286 g/mol. The third kappa shape index (κ3) is 1.87. The van der Waals surface area contributed by atoms with Crippen molar-refractivity contribution in [3.05, 3.63) is 17.8 Å². The van der Waals surface area contributed by atoms with Gasteiger partial charge in [0, 0.05) is 7.05 Å². The predicted octanol–water partition coefficient (Wildman–Crippen LogP) is -0.640. The zero-order chi connectivity index (χ0) is 14.4. The second kappa shape index (κ2) is 4.28. The molecule has 1 aliphatic rings. The molecule has 0 radical (unpaired) electrons. The standard InChI is InChI=1S/C10H10N2O6S/c1-12-7(10(14)15)8(13)6-3-5(18-2)4-11-9(6)19(12,16)17/h3-4,7H,1-2H3,(H,14,15). The van der Waals surface area contributed by atoms with Crippen molar-refractivity contribution >= 4 is 21.8 Å². The van der Waals surface area contributed by atoms with Gasteiger partial charge in [0.1, 0.15) is 5.75 Å². The molecule has 0 saturated heterocycles. The van der Waals surface area contributed by atoms with E-state index in [1.54, 1.807) is 0 Å². The van der Waals surface area contributed by atoms with Gasteiger partial charge in [0.25, 0.3) is 10.0 Å². The molecule has 9 heteroatoms. The highest BCUT2D eigenvalue weighted by molar-refractivity contribution is 7.89. The molecule has 1 aromatic heterocycles. The molecule has 0 aromatic carbocycles. The second-order valence-electron chi connectivity index (χ2n) is 3.85. The number of carboxylic acids is 1. The van der Waals surface area contributed by atoms with Gasteiger partial charge < -0.3 is 9.84 Å². The SMILES string of the molecule is COc1cnc2c(c1)C(=O)C(C(=O)O)N(C)S2(=O)=O. The van der Waals surface area contributed by atoms with Crippen LogP contribution < -0.4 is 4.74 Å². The minimum Gasteiger partial charge on any atom is -0.495 e. The number of Topliss-reactive ketones (excluding diaryl/α,β-unsaturated/α-hetero) is 1. The Bertz CT molecular complexity index is 669. The number of aromatic nitrogens is 1. The average molecular weight is 286 g/mol. The van der Waals surface area contributed by atoms with Gasteiger partial charge in [-0.15, -0.1) is 0 Å². The first kappa shape index (κ1) is 13.4. The Kier molecular flexibility index (Phi) is 3.03. The van der Waals surface area contributed by atoms with Crippen LogP contribution in [0.1, 0.15) is 10.4 Å². The number of rotatable bonds is 2. The maximum atomic E-state index is 12.1. The zero-order valence-electron chi connectivity index (χ0n) is 10.0. The minimum atomic E-state index is -4.11. The summed E-state index contributed by atoms with van der Waals surface area (Å²) in [5.41, 5.74) is -0.273. The van der Waals surface area contributed by atoms with Crippen LogP contribution in [0.4, 0.5) is 0 Å². The molecule has 1 atom stereocenters. The van der Waals surface area contributed by atoms with Gasteiger partial charge in [-0.2, -0.15) is 4.31 Å². The zero-order valence-corrected chi connectivity index (χ0v) is 10.8. The summed E-state index contributed by atoms with van der Waals surface area (Å²) in [6.45, 7) is 0. The summed E-state index contributed by atoms with van der Waals surface area (Å²) in [5, 5.41) is 8.52. The van der Waals surface area contributed by atoms with Crippen LogP contribution in [-0.4, -0.2) is 54.8 Å². The molecule has 1 aromatic rings. The van der Waals surface area contributed by atoms with Gasteiger partial charge in [-0.05, 0) is 6.07 Å². The molecular weight excluding hydrogens is 276 g/mol. The number of methoxy groups -OCH3 is 1. The molecule has 0 fully saturated rings. The molecule has 19 heavy (non-hydrogen) atoms. The first-order valence-electron chi connectivity index (χ1n) is 5.09. The first-order chi connectivity index (χ1) is 8.80. The van der Waals surface area contributed by atoms with E-state index in [0.717, 1.165) is 13.2 Å². The van der Waals surface area contributed by atoms with Gasteiger partial charge >= 0.3 is 5.97 Å². The van der Waals surface area contributed by atoms with Crippen molar-refractivity contribution in [2.75, 3.05) is 14.2 Å². The highest BCUT2D eigenvalue weighted by atomic mass is 32.2. The summed E-state index contributed by atoms with van der Waals surface area (Å²) in [4.78, 5) is 26.8. The number of carboxylic acid groups (broad SMARTS) is 1. The number of ether oxygens (including phenoxy) is 1. The van der Waals surface area contributed by atoms with Gasteiger partial charge in [-0.3, -0.25) is 4.79 Å². The van der Waals surface area contributed by atoms with Crippen LogP contribution in [0.2, 0.25) is 0 Å². The summed E-state index contributed by atoms with van der Waals surface area (Å²) < 4.78 is 29.5. The van der Waals surface area contributed by atoms with Gasteiger partial charge in [-0.1, -0.05) is 0 Å². The number of nitrogens with zero attached hydrogens (tertiary/aromatic N) is 2. The Hall–Kier alpha value is -2.00. The lowest BCUT2D eigenvalue weighted by atomic mass is 10.1. The maximum absolute atomic E-state index is 12.1. The summed E-state index contributed by atoms with van der Waals surface area (Å²) in [6, 6.07) is -0.614. The number of aliphatic carboxylic acids is 1. The van der Waals surface area contributed by atoms with Crippen molar-refractivity contribution in [3.8, 4) is 5.75 Å². The van der Waals surface area contributed by atoms with E-state index in [-0.39, 0.29) is 11.3 Å². The number of pyridine rings is 1. The van der Waals surface area contributed by atoms with Crippen LogP contribution in [0.5, 0.6) is 5.75 Å². The van der Waals surface area contributed by atoms with Gasteiger partial charge in [-0.25, -0.2) is 18.2 Å². The number of sulfonamides is 1. The Morgan fingerprint density at radius 3 is 2.68 bits per heavy atom. The quantitative estimate of drug-likeness (QED) is 0.719. The van der Waals surface area contributed by atoms with Crippen molar-refractivity contribution < 1.29 is 27.9 Å². The topological polar surface area (TPSA) is 114 Å². The fourth-order valence-corrected chi connectivity index (χ4v) is 3.14. The van der Waals surface area contributed by atoms with Crippen molar-refractivity contribution in [1.29, 1.82) is 0 Å². The largest absolute Gasteiger partial charge is 0.495 e. The van der Waals surface area contributed by atoms with E-state index in [1.807, 2.05) is 0 Å². The van der Waals surface area contributed by atoms with Crippen LogP contribution in [0.25, 0.3) is 0 Å². The number of carbonyl (C=O) groups excluding carboxylic acids is 1. The van der Waals surface area contributed by atoms with E-state index in [2.05, 4.69) is 4.98 Å². The predicted molar refractivity (Wildman–Crippen MR) is 61.5 cm³/mol. The lowest BCUT2D eigenvalue weighted by Crippen LogP contribution is -2.51. The molecule has 2 heterocycles. The lowest BCUT2D eigenvalue weighted by Gasteiger charge is -2.28. The van der Waals surface area contributed by atoms with Crippen LogP contribution in [0.15, 0.2) is 17.3 Å². The Morgan fingerprint density at radius 1 is 1.53 bits per heavy atom. The average Bonchev–Trinajstić information content (AvgIpc) is 2.36. The smallest absolute Gasteiger partial charge is 0.330 e. The van der Waals surface area contributed by atoms with Crippen LogP contribution in [-0.2, 0) is 14.8 Å². The van der Waals surface area contributed by atoms with Crippen molar-refractivity contribution in [2.24, 2.45) is 0 Å². The van der Waals surface area contributed by atoms with Crippen LogP contribution in [0, 0.1) is 0 Å².